The Hall–Kier alpha value is -2.74. The summed E-state index contributed by atoms with van der Waals surface area (Å²) in [6.07, 6.45) is 9.53. The molecule has 8 nitrogen and oxygen atoms in total. The van der Waals surface area contributed by atoms with E-state index in [1.165, 1.54) is 11.3 Å². The molecule has 3 aromatic rings. The van der Waals surface area contributed by atoms with Crippen LogP contribution in [0.2, 0.25) is 0 Å². The van der Waals surface area contributed by atoms with Crippen LogP contribution < -0.4 is 5.32 Å². The number of rotatable bonds is 6. The zero-order valence-corrected chi connectivity index (χ0v) is 15.9. The van der Waals surface area contributed by atoms with Gasteiger partial charge in [-0.15, -0.1) is 0 Å². The SMILES string of the molecule is CC(C)n1cc(CN2Cc3ccnn3C[C@@H](CNc3ncccn3)C2)cn1. The summed E-state index contributed by atoms with van der Waals surface area (Å²) in [6, 6.07) is 4.32. The molecule has 0 spiro atoms. The molecule has 1 aliphatic heterocycles. The first kappa shape index (κ1) is 17.7. The zero-order chi connectivity index (χ0) is 18.6. The molecule has 4 rings (SSSR count). The van der Waals surface area contributed by atoms with Gasteiger partial charge >= 0.3 is 0 Å². The van der Waals surface area contributed by atoms with Gasteiger partial charge in [0.25, 0.3) is 0 Å². The van der Waals surface area contributed by atoms with Crippen LogP contribution in [0.4, 0.5) is 5.95 Å². The highest BCUT2D eigenvalue weighted by molar-refractivity contribution is 5.22. The summed E-state index contributed by atoms with van der Waals surface area (Å²) in [5.41, 5.74) is 2.50. The average Bonchev–Trinajstić information content (AvgIpc) is 3.27. The van der Waals surface area contributed by atoms with E-state index in [1.807, 2.05) is 23.1 Å². The Bertz CT molecular complexity index is 853. The van der Waals surface area contributed by atoms with Crippen LogP contribution in [-0.4, -0.2) is 47.5 Å². The third-order valence-corrected chi connectivity index (χ3v) is 4.84. The first-order chi connectivity index (χ1) is 13.2. The molecule has 8 heteroatoms. The van der Waals surface area contributed by atoms with Crippen LogP contribution in [0.3, 0.4) is 0 Å². The molecular weight excluding hydrogens is 340 g/mol. The highest BCUT2D eigenvalue weighted by atomic mass is 15.3. The summed E-state index contributed by atoms with van der Waals surface area (Å²) in [7, 11) is 0. The fourth-order valence-electron chi connectivity index (χ4n) is 3.50. The summed E-state index contributed by atoms with van der Waals surface area (Å²) in [5, 5.41) is 12.3. The van der Waals surface area contributed by atoms with E-state index in [-0.39, 0.29) is 0 Å². The Morgan fingerprint density at radius 2 is 2.00 bits per heavy atom. The molecule has 0 aromatic carbocycles. The lowest BCUT2D eigenvalue weighted by atomic mass is 10.1. The Morgan fingerprint density at radius 3 is 2.78 bits per heavy atom. The second-order valence-electron chi connectivity index (χ2n) is 7.42. The highest BCUT2D eigenvalue weighted by Crippen LogP contribution is 2.19. The van der Waals surface area contributed by atoms with Crippen molar-refractivity contribution in [2.24, 2.45) is 5.92 Å². The van der Waals surface area contributed by atoms with Crippen molar-refractivity contribution in [1.82, 2.24) is 34.4 Å². The van der Waals surface area contributed by atoms with Crippen LogP contribution in [0.1, 0.15) is 31.1 Å². The van der Waals surface area contributed by atoms with Crippen molar-refractivity contribution in [3.05, 3.63) is 54.4 Å². The van der Waals surface area contributed by atoms with E-state index in [0.717, 1.165) is 32.7 Å². The van der Waals surface area contributed by atoms with Gasteiger partial charge in [0, 0.05) is 75.0 Å². The second kappa shape index (κ2) is 7.87. The fraction of sp³-hybridized carbons (Fsp3) is 0.474. The van der Waals surface area contributed by atoms with E-state index in [9.17, 15) is 0 Å². The van der Waals surface area contributed by atoms with E-state index in [4.69, 9.17) is 0 Å². The lowest BCUT2D eigenvalue weighted by molar-refractivity contribution is 0.225. The molecule has 0 saturated heterocycles. The van der Waals surface area contributed by atoms with Gasteiger partial charge < -0.3 is 5.32 Å². The largest absolute Gasteiger partial charge is 0.354 e. The van der Waals surface area contributed by atoms with Crippen LogP contribution in [0.5, 0.6) is 0 Å². The van der Waals surface area contributed by atoms with Crippen LogP contribution in [0.15, 0.2) is 43.1 Å². The Morgan fingerprint density at radius 1 is 1.15 bits per heavy atom. The van der Waals surface area contributed by atoms with Gasteiger partial charge in [-0.05, 0) is 26.0 Å². The van der Waals surface area contributed by atoms with Gasteiger partial charge in [0.15, 0.2) is 0 Å². The van der Waals surface area contributed by atoms with Crippen LogP contribution in [-0.2, 0) is 19.6 Å². The number of nitrogens with zero attached hydrogens (tertiary/aromatic N) is 7. The summed E-state index contributed by atoms with van der Waals surface area (Å²) < 4.78 is 4.14. The third-order valence-electron chi connectivity index (χ3n) is 4.84. The van der Waals surface area contributed by atoms with Crippen molar-refractivity contribution in [2.45, 2.75) is 39.5 Å². The van der Waals surface area contributed by atoms with Gasteiger partial charge in [-0.25, -0.2) is 9.97 Å². The number of hydrogen-bond donors (Lipinski definition) is 1. The predicted molar refractivity (Wildman–Crippen MR) is 103 cm³/mol. The maximum absolute atomic E-state index is 4.51. The van der Waals surface area contributed by atoms with Gasteiger partial charge in [-0.2, -0.15) is 10.2 Å². The van der Waals surface area contributed by atoms with Crippen molar-refractivity contribution in [3.8, 4) is 0 Å². The van der Waals surface area contributed by atoms with E-state index < -0.39 is 0 Å². The monoisotopic (exact) mass is 366 g/mol. The Labute approximate surface area is 159 Å². The lowest BCUT2D eigenvalue weighted by Crippen LogP contribution is -2.31. The van der Waals surface area contributed by atoms with Gasteiger partial charge in [-0.1, -0.05) is 0 Å². The van der Waals surface area contributed by atoms with Crippen molar-refractivity contribution >= 4 is 5.95 Å². The van der Waals surface area contributed by atoms with Crippen molar-refractivity contribution in [3.63, 3.8) is 0 Å². The molecule has 142 valence electrons. The average molecular weight is 366 g/mol. The van der Waals surface area contributed by atoms with Crippen LogP contribution in [0.25, 0.3) is 0 Å². The van der Waals surface area contributed by atoms with Crippen molar-refractivity contribution in [1.29, 1.82) is 0 Å². The van der Waals surface area contributed by atoms with E-state index >= 15 is 0 Å². The maximum Gasteiger partial charge on any atom is 0.222 e. The third kappa shape index (κ3) is 4.33. The molecule has 1 atom stereocenters. The summed E-state index contributed by atoms with van der Waals surface area (Å²) in [5.74, 6) is 1.09. The Kier molecular flexibility index (Phi) is 5.15. The molecule has 0 fully saturated rings. The van der Waals surface area contributed by atoms with Gasteiger partial charge in [0.2, 0.25) is 5.95 Å². The molecule has 4 heterocycles. The minimum absolute atomic E-state index is 0.382. The van der Waals surface area contributed by atoms with Gasteiger partial charge in [0.05, 0.1) is 11.9 Å². The molecular formula is C19H26N8. The summed E-state index contributed by atoms with van der Waals surface area (Å²) >= 11 is 0. The molecule has 0 aliphatic carbocycles. The number of fused-ring (bicyclic) bond motifs is 1. The molecule has 3 aromatic heterocycles. The second-order valence-corrected chi connectivity index (χ2v) is 7.42. The maximum atomic E-state index is 4.51. The van der Waals surface area contributed by atoms with Crippen LogP contribution in [0, 0.1) is 5.92 Å². The topological polar surface area (TPSA) is 76.7 Å². The standard InChI is InChI=1S/C19H26N8/c1-15(2)26-12-17(9-24-26)11-25-10-16(8-22-19-20-5-3-6-21-19)13-27-18(14-25)4-7-23-27/h3-7,9,12,15-16H,8,10-11,13-14H2,1-2H3,(H,20,21,22)/t16-/m0/s1. The molecule has 1 aliphatic rings. The normalized spacial score (nSPS) is 17.7. The highest BCUT2D eigenvalue weighted by Gasteiger charge is 2.23. The molecule has 0 saturated carbocycles. The number of anilines is 1. The summed E-state index contributed by atoms with van der Waals surface area (Å²) in [4.78, 5) is 11.0. The molecule has 0 unspecified atom stereocenters. The molecule has 0 amide bonds. The van der Waals surface area contributed by atoms with E-state index in [0.29, 0.717) is 17.9 Å². The number of nitrogens with one attached hydrogen (secondary N) is 1. The summed E-state index contributed by atoms with van der Waals surface area (Å²) in [6.45, 7) is 8.76. The lowest BCUT2D eigenvalue weighted by Gasteiger charge is -2.23. The molecule has 0 bridgehead atoms. The van der Waals surface area contributed by atoms with Gasteiger partial charge in [-0.3, -0.25) is 14.3 Å². The quantitative estimate of drug-likeness (QED) is 0.721. The van der Waals surface area contributed by atoms with Gasteiger partial charge in [0.1, 0.15) is 0 Å². The fourth-order valence-corrected chi connectivity index (χ4v) is 3.50. The predicted octanol–water partition coefficient (Wildman–Crippen LogP) is 2.19. The van der Waals surface area contributed by atoms with Crippen molar-refractivity contribution < 1.29 is 0 Å². The van der Waals surface area contributed by atoms with E-state index in [1.54, 1.807) is 12.4 Å². The minimum atomic E-state index is 0.382. The number of aromatic nitrogens is 6. The molecule has 1 N–H and O–H groups in total. The minimum Gasteiger partial charge on any atom is -0.354 e. The zero-order valence-electron chi connectivity index (χ0n) is 15.9. The smallest absolute Gasteiger partial charge is 0.222 e. The van der Waals surface area contributed by atoms with Crippen molar-refractivity contribution in [2.75, 3.05) is 18.4 Å². The Balaban J connectivity index is 1.46. The van der Waals surface area contributed by atoms with Crippen LogP contribution >= 0.6 is 0 Å². The molecule has 0 radical (unpaired) electrons. The van der Waals surface area contributed by atoms with E-state index in [2.05, 4.69) is 61.2 Å². The first-order valence-corrected chi connectivity index (χ1v) is 9.44. The first-order valence-electron chi connectivity index (χ1n) is 9.44. The molecule has 27 heavy (non-hydrogen) atoms. The number of hydrogen-bond acceptors (Lipinski definition) is 6.